The number of anilines is 2. The molecule has 1 saturated heterocycles. The van der Waals surface area contributed by atoms with Crippen LogP contribution in [0.25, 0.3) is 0 Å². The van der Waals surface area contributed by atoms with Crippen molar-refractivity contribution >= 4 is 44.9 Å². The van der Waals surface area contributed by atoms with Gasteiger partial charge in [-0.2, -0.15) is 13.2 Å². The summed E-state index contributed by atoms with van der Waals surface area (Å²) in [6.45, 7) is 7.02. The van der Waals surface area contributed by atoms with E-state index < -0.39 is 22.2 Å². The van der Waals surface area contributed by atoms with Crippen molar-refractivity contribution < 1.29 is 36.3 Å². The Hall–Kier alpha value is -3.03. The second kappa shape index (κ2) is 13.0. The number of carboxylic acids is 1. The van der Waals surface area contributed by atoms with Gasteiger partial charge in [-0.1, -0.05) is 18.5 Å². The molecule has 37 heavy (non-hydrogen) atoms. The smallest absolute Gasteiger partial charge is 0.475 e. The quantitative estimate of drug-likeness (QED) is 0.404. The average Bonchev–Trinajstić information content (AvgIpc) is 2.84. The van der Waals surface area contributed by atoms with E-state index in [0.717, 1.165) is 38.3 Å². The van der Waals surface area contributed by atoms with Gasteiger partial charge < -0.3 is 20.6 Å². The molecule has 2 aromatic rings. The zero-order valence-corrected chi connectivity index (χ0v) is 21.7. The minimum Gasteiger partial charge on any atom is -0.475 e. The lowest BCUT2D eigenvalue weighted by atomic mass is 10.1. The first-order chi connectivity index (χ1) is 17.2. The number of hydrogen-bond donors (Lipinski definition) is 4. The van der Waals surface area contributed by atoms with Crippen molar-refractivity contribution in [2.45, 2.75) is 37.4 Å². The number of rotatable bonds is 7. The number of sulfonamides is 1. The lowest BCUT2D eigenvalue weighted by Crippen LogP contribution is -2.43. The number of carboxylic acid groups (broad SMARTS) is 1. The summed E-state index contributed by atoms with van der Waals surface area (Å²) in [4.78, 5) is 23.7. The van der Waals surface area contributed by atoms with Crippen LogP contribution in [0.1, 0.15) is 30.6 Å². The van der Waals surface area contributed by atoms with Crippen LogP contribution >= 0.6 is 11.6 Å². The second-order valence-electron chi connectivity index (χ2n) is 8.11. The van der Waals surface area contributed by atoms with Crippen LogP contribution in [0.4, 0.5) is 24.5 Å². The molecule has 4 N–H and O–H groups in total. The summed E-state index contributed by atoms with van der Waals surface area (Å²) >= 11 is 5.89. The molecular formula is C23H28ClF3N4O5S. The number of carbonyl (C=O) groups is 2. The van der Waals surface area contributed by atoms with Crippen LogP contribution in [0.2, 0.25) is 5.02 Å². The molecule has 0 bridgehead atoms. The van der Waals surface area contributed by atoms with Gasteiger partial charge in [0.2, 0.25) is 0 Å². The largest absolute Gasteiger partial charge is 0.490 e. The number of nitrogens with one attached hydrogen (secondary N) is 3. The third-order valence-corrected chi connectivity index (χ3v) is 6.95. The molecular weight excluding hydrogens is 537 g/mol. The molecule has 1 heterocycles. The van der Waals surface area contributed by atoms with Crippen molar-refractivity contribution in [1.29, 1.82) is 0 Å². The zero-order chi connectivity index (χ0) is 27.8. The first-order valence-electron chi connectivity index (χ1n) is 11.2. The molecule has 204 valence electrons. The van der Waals surface area contributed by atoms with Gasteiger partial charge >= 0.3 is 12.1 Å². The Bertz CT molecular complexity index is 1190. The summed E-state index contributed by atoms with van der Waals surface area (Å²) in [7, 11) is -3.84. The van der Waals surface area contributed by atoms with Crippen molar-refractivity contribution in [3.8, 4) is 0 Å². The van der Waals surface area contributed by atoms with Crippen LogP contribution in [-0.4, -0.2) is 63.8 Å². The molecule has 0 saturated carbocycles. The maximum atomic E-state index is 13.0. The predicted octanol–water partition coefficient (Wildman–Crippen LogP) is 3.71. The Morgan fingerprint density at radius 2 is 1.70 bits per heavy atom. The van der Waals surface area contributed by atoms with E-state index in [4.69, 9.17) is 21.5 Å². The second-order valence-corrected chi connectivity index (χ2v) is 10.2. The van der Waals surface area contributed by atoms with Crippen molar-refractivity contribution in [3.63, 3.8) is 0 Å². The number of carbonyl (C=O) groups excluding carboxylic acids is 1. The van der Waals surface area contributed by atoms with Gasteiger partial charge in [-0.25, -0.2) is 13.2 Å². The van der Waals surface area contributed by atoms with Crippen molar-refractivity contribution in [3.05, 3.63) is 53.1 Å². The standard InChI is InChI=1S/C21H27ClN4O3S.C2HF3O2/c1-3-15(2)24-21(27)16-4-9-20(26-12-10-23-11-13-26)19(14-16)25-30(28,29)18-7-5-17(22)6-8-18;3-2(4,5)1(6)7/h4-9,14-15,23,25H,3,10-13H2,1-2H3,(H,24,27);(H,6,7). The molecule has 3 rings (SSSR count). The lowest BCUT2D eigenvalue weighted by molar-refractivity contribution is -0.192. The maximum absolute atomic E-state index is 13.0. The van der Waals surface area contributed by atoms with E-state index in [2.05, 4.69) is 20.3 Å². The first-order valence-corrected chi connectivity index (χ1v) is 13.1. The summed E-state index contributed by atoms with van der Waals surface area (Å²) in [5.41, 5.74) is 1.53. The Balaban J connectivity index is 0.000000604. The van der Waals surface area contributed by atoms with Gasteiger partial charge in [-0.15, -0.1) is 0 Å². The van der Waals surface area contributed by atoms with Crippen molar-refractivity contribution in [2.75, 3.05) is 35.8 Å². The molecule has 0 aromatic heterocycles. The lowest BCUT2D eigenvalue weighted by Gasteiger charge is -2.31. The molecule has 1 atom stereocenters. The van der Waals surface area contributed by atoms with E-state index in [0.29, 0.717) is 16.3 Å². The molecule has 0 radical (unpaired) electrons. The van der Waals surface area contributed by atoms with E-state index in [1.165, 1.54) is 24.3 Å². The normalized spacial score (nSPS) is 14.7. The number of benzene rings is 2. The number of aliphatic carboxylic acids is 1. The molecule has 1 fully saturated rings. The van der Waals surface area contributed by atoms with Crippen LogP contribution in [-0.2, 0) is 14.8 Å². The fourth-order valence-corrected chi connectivity index (χ4v) is 4.36. The molecule has 1 aliphatic heterocycles. The van der Waals surface area contributed by atoms with E-state index in [1.807, 2.05) is 13.8 Å². The highest BCUT2D eigenvalue weighted by molar-refractivity contribution is 7.92. The first kappa shape index (κ1) is 30.2. The Labute approximate surface area is 218 Å². The molecule has 9 nitrogen and oxygen atoms in total. The third kappa shape index (κ3) is 9.09. The molecule has 0 aliphatic carbocycles. The maximum Gasteiger partial charge on any atom is 0.490 e. The summed E-state index contributed by atoms with van der Waals surface area (Å²) in [6.07, 6.45) is -4.28. The van der Waals surface area contributed by atoms with Gasteiger partial charge in [-0.05, 0) is 55.8 Å². The average molecular weight is 565 g/mol. The fraction of sp³-hybridized carbons (Fsp3) is 0.391. The van der Waals surface area contributed by atoms with Gasteiger partial charge in [0.25, 0.3) is 15.9 Å². The predicted molar refractivity (Wildman–Crippen MR) is 135 cm³/mol. The third-order valence-electron chi connectivity index (χ3n) is 5.32. The number of nitrogens with zero attached hydrogens (tertiary/aromatic N) is 1. The number of hydrogen-bond acceptors (Lipinski definition) is 6. The molecule has 14 heteroatoms. The zero-order valence-electron chi connectivity index (χ0n) is 20.1. The fourth-order valence-electron chi connectivity index (χ4n) is 3.17. The van der Waals surface area contributed by atoms with Crippen molar-refractivity contribution in [1.82, 2.24) is 10.6 Å². The van der Waals surface area contributed by atoms with E-state index in [9.17, 15) is 26.4 Å². The van der Waals surface area contributed by atoms with Gasteiger partial charge in [0.1, 0.15) is 0 Å². The minimum atomic E-state index is -5.08. The van der Waals surface area contributed by atoms with Crippen LogP contribution in [0.5, 0.6) is 0 Å². The topological polar surface area (TPSA) is 128 Å². The number of piperazine rings is 1. The van der Waals surface area contributed by atoms with Gasteiger partial charge in [0.15, 0.2) is 0 Å². The highest BCUT2D eigenvalue weighted by atomic mass is 35.5. The van der Waals surface area contributed by atoms with E-state index in [1.54, 1.807) is 18.2 Å². The molecule has 1 aliphatic rings. The number of amides is 1. The van der Waals surface area contributed by atoms with Gasteiger partial charge in [-0.3, -0.25) is 9.52 Å². The summed E-state index contributed by atoms with van der Waals surface area (Å²) in [5.74, 6) is -2.99. The summed E-state index contributed by atoms with van der Waals surface area (Å²) < 4.78 is 60.3. The highest BCUT2D eigenvalue weighted by Crippen LogP contribution is 2.30. The molecule has 1 unspecified atom stereocenters. The molecule has 2 aromatic carbocycles. The minimum absolute atomic E-state index is 0.0274. The molecule has 1 amide bonds. The van der Waals surface area contributed by atoms with Crippen LogP contribution in [0.3, 0.4) is 0 Å². The van der Waals surface area contributed by atoms with Gasteiger partial charge in [0, 0.05) is 42.8 Å². The Morgan fingerprint density at radius 1 is 1.14 bits per heavy atom. The van der Waals surface area contributed by atoms with Crippen LogP contribution < -0.4 is 20.3 Å². The highest BCUT2D eigenvalue weighted by Gasteiger charge is 2.38. The van der Waals surface area contributed by atoms with E-state index >= 15 is 0 Å². The number of halogens is 4. The SMILES string of the molecule is CCC(C)NC(=O)c1ccc(N2CCNCC2)c(NS(=O)(=O)c2ccc(Cl)cc2)c1.O=C(O)C(F)(F)F. The summed E-state index contributed by atoms with van der Waals surface area (Å²) in [6, 6.07) is 11.1. The monoisotopic (exact) mass is 564 g/mol. The summed E-state index contributed by atoms with van der Waals surface area (Å²) in [5, 5.41) is 13.8. The van der Waals surface area contributed by atoms with Gasteiger partial charge in [0.05, 0.1) is 16.3 Å². The van der Waals surface area contributed by atoms with E-state index in [-0.39, 0.29) is 16.8 Å². The van der Waals surface area contributed by atoms with Crippen LogP contribution in [0, 0.1) is 0 Å². The van der Waals surface area contributed by atoms with Crippen LogP contribution in [0.15, 0.2) is 47.4 Å². The Kier molecular flexibility index (Phi) is 10.6. The molecule has 0 spiro atoms. The van der Waals surface area contributed by atoms with Crippen molar-refractivity contribution in [2.24, 2.45) is 0 Å². The number of alkyl halides is 3. The Morgan fingerprint density at radius 3 is 2.22 bits per heavy atom.